The lowest BCUT2D eigenvalue weighted by Crippen LogP contribution is -2.32. The Morgan fingerprint density at radius 2 is 1.77 bits per heavy atom. The summed E-state index contributed by atoms with van der Waals surface area (Å²) in [4.78, 5) is 25.6. The number of hydrogen-bond acceptors (Lipinski definition) is 3. The van der Waals surface area contributed by atoms with E-state index >= 15 is 0 Å². The lowest BCUT2D eigenvalue weighted by molar-refractivity contribution is 0.0687. The number of carbonyl (C=O) groups excluding carboxylic acids is 1. The average Bonchev–Trinajstić information content (AvgIpc) is 3.50. The predicted octanol–water partition coefficient (Wildman–Crippen LogP) is 5.74. The Morgan fingerprint density at radius 1 is 1.00 bits per heavy atom. The summed E-state index contributed by atoms with van der Waals surface area (Å²) in [6, 6.07) is 22.8. The fourth-order valence-electron chi connectivity index (χ4n) is 5.09. The lowest BCUT2D eigenvalue weighted by atomic mass is 9.99. The molecule has 2 N–H and O–H groups in total. The summed E-state index contributed by atoms with van der Waals surface area (Å²) in [5, 5.41) is 14.3. The average molecular weight is 469 g/mol. The Labute approximate surface area is 204 Å². The minimum absolute atomic E-state index is 0.115. The number of fused-ring (bicyclic) bond motifs is 1. The summed E-state index contributed by atoms with van der Waals surface area (Å²) in [7, 11) is 1.61. The van der Waals surface area contributed by atoms with Crippen molar-refractivity contribution in [3.05, 3.63) is 89.6 Å². The molecule has 0 atom stereocenters. The van der Waals surface area contributed by atoms with E-state index in [9.17, 15) is 14.7 Å². The first-order valence-electron chi connectivity index (χ1n) is 11.9. The second kappa shape index (κ2) is 9.66. The third-order valence-corrected chi connectivity index (χ3v) is 6.75. The molecule has 1 saturated carbocycles. The lowest BCUT2D eigenvalue weighted by Gasteiger charge is -2.13. The molecular weight excluding hydrogens is 440 g/mol. The van der Waals surface area contributed by atoms with Gasteiger partial charge in [0.05, 0.1) is 7.11 Å². The first-order chi connectivity index (χ1) is 17.0. The number of carboxylic acids is 1. The second-order valence-electron chi connectivity index (χ2n) is 9.02. The molecule has 0 spiro atoms. The van der Waals surface area contributed by atoms with Crippen molar-refractivity contribution in [3.63, 3.8) is 0 Å². The van der Waals surface area contributed by atoms with Gasteiger partial charge in [-0.25, -0.2) is 4.79 Å². The van der Waals surface area contributed by atoms with E-state index in [1.54, 1.807) is 19.2 Å². The molecule has 1 aliphatic rings. The quantitative estimate of drug-likeness (QED) is 0.363. The van der Waals surface area contributed by atoms with Gasteiger partial charge in [-0.2, -0.15) is 0 Å². The molecule has 3 aromatic carbocycles. The molecule has 0 bridgehead atoms. The number of amides is 1. The molecule has 1 aromatic heterocycles. The van der Waals surface area contributed by atoms with Crippen LogP contribution in [0.3, 0.4) is 0 Å². The van der Waals surface area contributed by atoms with Crippen molar-refractivity contribution in [2.75, 3.05) is 7.11 Å². The third kappa shape index (κ3) is 4.52. The molecule has 1 amide bonds. The minimum Gasteiger partial charge on any atom is -0.497 e. The molecule has 5 rings (SSSR count). The Kier molecular flexibility index (Phi) is 6.27. The van der Waals surface area contributed by atoms with Crippen molar-refractivity contribution in [2.24, 2.45) is 0 Å². The zero-order valence-corrected chi connectivity index (χ0v) is 19.7. The van der Waals surface area contributed by atoms with Gasteiger partial charge in [-0.05, 0) is 54.3 Å². The number of aromatic carboxylic acids is 1. The summed E-state index contributed by atoms with van der Waals surface area (Å²) in [5.41, 5.74) is 3.82. The van der Waals surface area contributed by atoms with Crippen LogP contribution in [0.25, 0.3) is 22.0 Å². The number of hydrogen-bond donors (Lipinski definition) is 2. The number of para-hydroxylation sites is 1. The van der Waals surface area contributed by atoms with Crippen LogP contribution in [0.2, 0.25) is 0 Å². The molecule has 0 saturated heterocycles. The Bertz CT molecular complexity index is 1400. The number of methoxy groups -OCH3 is 1. The Morgan fingerprint density at radius 3 is 2.54 bits per heavy atom. The summed E-state index contributed by atoms with van der Waals surface area (Å²) in [6.45, 7) is 0.376. The van der Waals surface area contributed by atoms with Crippen molar-refractivity contribution in [2.45, 2.75) is 38.3 Å². The van der Waals surface area contributed by atoms with Gasteiger partial charge in [-0.3, -0.25) is 4.79 Å². The number of carboxylic acid groups (broad SMARTS) is 1. The van der Waals surface area contributed by atoms with Gasteiger partial charge in [0.25, 0.3) is 5.91 Å². The van der Waals surface area contributed by atoms with Gasteiger partial charge >= 0.3 is 5.97 Å². The minimum atomic E-state index is -1.01. The zero-order chi connectivity index (χ0) is 24.4. The molecule has 1 fully saturated rings. The van der Waals surface area contributed by atoms with Crippen LogP contribution in [-0.4, -0.2) is 34.7 Å². The van der Waals surface area contributed by atoms with Gasteiger partial charge in [0.15, 0.2) is 0 Å². The van der Waals surface area contributed by atoms with E-state index in [-0.39, 0.29) is 17.6 Å². The fourth-order valence-corrected chi connectivity index (χ4v) is 5.09. The van der Waals surface area contributed by atoms with Gasteiger partial charge in [-0.15, -0.1) is 0 Å². The highest BCUT2D eigenvalue weighted by molar-refractivity contribution is 6.09. The van der Waals surface area contributed by atoms with Crippen molar-refractivity contribution < 1.29 is 19.4 Å². The summed E-state index contributed by atoms with van der Waals surface area (Å²) in [6.07, 6.45) is 4.29. The summed E-state index contributed by atoms with van der Waals surface area (Å²) < 4.78 is 7.18. The van der Waals surface area contributed by atoms with Gasteiger partial charge in [0, 0.05) is 34.6 Å². The van der Waals surface area contributed by atoms with Crippen LogP contribution < -0.4 is 10.1 Å². The topological polar surface area (TPSA) is 80.6 Å². The third-order valence-electron chi connectivity index (χ3n) is 6.75. The molecule has 1 heterocycles. The number of ether oxygens (including phenoxy) is 1. The first-order valence-corrected chi connectivity index (χ1v) is 11.9. The maximum atomic E-state index is 12.9. The molecule has 0 radical (unpaired) electrons. The number of aromatic nitrogens is 1. The van der Waals surface area contributed by atoms with E-state index < -0.39 is 5.97 Å². The van der Waals surface area contributed by atoms with Crippen molar-refractivity contribution >= 4 is 22.8 Å². The van der Waals surface area contributed by atoms with Crippen molar-refractivity contribution in [1.82, 2.24) is 9.88 Å². The number of nitrogens with one attached hydrogen (secondary N) is 1. The van der Waals surface area contributed by atoms with E-state index in [4.69, 9.17) is 4.74 Å². The molecule has 6 nitrogen and oxygen atoms in total. The Balaban J connectivity index is 1.61. The molecule has 35 heavy (non-hydrogen) atoms. The highest BCUT2D eigenvalue weighted by Crippen LogP contribution is 2.36. The molecule has 178 valence electrons. The normalized spacial score (nSPS) is 13.7. The van der Waals surface area contributed by atoms with Crippen molar-refractivity contribution in [3.8, 4) is 16.9 Å². The number of carbonyl (C=O) groups is 2. The zero-order valence-electron chi connectivity index (χ0n) is 19.7. The van der Waals surface area contributed by atoms with E-state index in [2.05, 4.69) is 5.32 Å². The molecule has 0 aliphatic heterocycles. The maximum absolute atomic E-state index is 12.9. The largest absolute Gasteiger partial charge is 0.497 e. The van der Waals surface area contributed by atoms with E-state index in [0.29, 0.717) is 23.2 Å². The number of benzene rings is 3. The van der Waals surface area contributed by atoms with E-state index in [1.807, 2.05) is 65.2 Å². The van der Waals surface area contributed by atoms with Gasteiger partial charge in [0.2, 0.25) is 0 Å². The molecular formula is C29H28N2O4. The molecule has 1 aliphatic carbocycles. The van der Waals surface area contributed by atoms with Crippen LogP contribution in [-0.2, 0) is 6.54 Å². The van der Waals surface area contributed by atoms with E-state index in [1.165, 1.54) is 0 Å². The molecule has 0 unspecified atom stereocenters. The summed E-state index contributed by atoms with van der Waals surface area (Å²) >= 11 is 0. The standard InChI is InChI=1S/C29H28N2O4/c1-35-23-13-6-8-19(16-23)18-31-25-15-5-4-14-24(25)26(27(31)29(33)34)20-9-7-10-21(17-20)28(32)30-22-11-2-3-12-22/h4-10,13-17,22H,2-3,11-12,18H2,1H3,(H,30,32)(H,33,34). The summed E-state index contributed by atoms with van der Waals surface area (Å²) in [5.74, 6) is -0.410. The predicted molar refractivity (Wildman–Crippen MR) is 136 cm³/mol. The number of nitrogens with zero attached hydrogens (tertiary/aromatic N) is 1. The van der Waals surface area contributed by atoms with Gasteiger partial charge in [-0.1, -0.05) is 55.3 Å². The smallest absolute Gasteiger partial charge is 0.353 e. The van der Waals surface area contributed by atoms with Crippen LogP contribution in [0.5, 0.6) is 5.75 Å². The van der Waals surface area contributed by atoms with Crippen LogP contribution in [0.15, 0.2) is 72.8 Å². The van der Waals surface area contributed by atoms with Gasteiger partial charge in [0.1, 0.15) is 11.4 Å². The maximum Gasteiger partial charge on any atom is 0.353 e. The number of rotatable bonds is 7. The fraction of sp³-hybridized carbons (Fsp3) is 0.241. The first kappa shape index (κ1) is 22.7. The second-order valence-corrected chi connectivity index (χ2v) is 9.02. The van der Waals surface area contributed by atoms with E-state index in [0.717, 1.165) is 47.9 Å². The highest BCUT2D eigenvalue weighted by atomic mass is 16.5. The molecule has 6 heteroatoms. The van der Waals surface area contributed by atoms with Gasteiger partial charge < -0.3 is 19.7 Å². The van der Waals surface area contributed by atoms with Crippen LogP contribution in [0.1, 0.15) is 52.1 Å². The molecule has 4 aromatic rings. The highest BCUT2D eigenvalue weighted by Gasteiger charge is 2.25. The Hall–Kier alpha value is -4.06. The van der Waals surface area contributed by atoms with Crippen LogP contribution in [0.4, 0.5) is 0 Å². The SMILES string of the molecule is COc1cccc(Cn2c(C(=O)O)c(-c3cccc(C(=O)NC4CCCC4)c3)c3ccccc32)c1. The van der Waals surface area contributed by atoms with Crippen LogP contribution >= 0.6 is 0 Å². The monoisotopic (exact) mass is 468 g/mol. The van der Waals surface area contributed by atoms with Crippen LogP contribution in [0, 0.1) is 0 Å². The van der Waals surface area contributed by atoms with Crippen molar-refractivity contribution in [1.29, 1.82) is 0 Å².